The Balaban J connectivity index is 2.44. The number of esters is 1. The van der Waals surface area contributed by atoms with Crippen LogP contribution in [0.1, 0.15) is 24.5 Å². The highest BCUT2D eigenvalue weighted by molar-refractivity contribution is 7.99. The Labute approximate surface area is 113 Å². The molecule has 4 heteroatoms. The van der Waals surface area contributed by atoms with Crippen LogP contribution in [0.25, 0.3) is 0 Å². The lowest BCUT2D eigenvalue weighted by atomic mass is 10.2. The third-order valence-electron chi connectivity index (χ3n) is 2.48. The molecule has 1 aromatic rings. The molecule has 0 aliphatic heterocycles. The van der Waals surface area contributed by atoms with Gasteiger partial charge < -0.3 is 9.84 Å². The van der Waals surface area contributed by atoms with Gasteiger partial charge in [0, 0.05) is 10.6 Å². The molecule has 1 unspecified atom stereocenters. The van der Waals surface area contributed by atoms with Crippen molar-refractivity contribution < 1.29 is 14.6 Å². The van der Waals surface area contributed by atoms with Gasteiger partial charge in [-0.3, -0.25) is 4.79 Å². The van der Waals surface area contributed by atoms with Crippen molar-refractivity contribution in [1.82, 2.24) is 0 Å². The normalized spacial score (nSPS) is 12.2. The molecule has 1 aromatic carbocycles. The topological polar surface area (TPSA) is 46.5 Å². The number of thioether (sulfide) groups is 1. The summed E-state index contributed by atoms with van der Waals surface area (Å²) in [5, 5.41) is 9.75. The lowest BCUT2D eigenvalue weighted by Gasteiger charge is -2.11. The Hall–Kier alpha value is -1.00. The van der Waals surface area contributed by atoms with Crippen molar-refractivity contribution in [3.8, 4) is 0 Å². The second kappa shape index (κ2) is 7.44. The fraction of sp³-hybridized carbons (Fsp3) is 0.500. The molecule has 0 bridgehead atoms. The zero-order valence-electron chi connectivity index (χ0n) is 11.1. The number of hydrogen-bond donors (Lipinski definition) is 1. The molecule has 18 heavy (non-hydrogen) atoms. The number of carbonyl (C=O) groups is 1. The first kappa shape index (κ1) is 15.1. The molecule has 1 N–H and O–H groups in total. The van der Waals surface area contributed by atoms with Crippen LogP contribution in [0.2, 0.25) is 0 Å². The van der Waals surface area contributed by atoms with Crippen LogP contribution in [0, 0.1) is 13.8 Å². The van der Waals surface area contributed by atoms with Crippen LogP contribution in [-0.2, 0) is 9.53 Å². The predicted molar refractivity (Wildman–Crippen MR) is 73.9 cm³/mol. The van der Waals surface area contributed by atoms with Gasteiger partial charge in [-0.1, -0.05) is 17.7 Å². The molecule has 0 fully saturated rings. The van der Waals surface area contributed by atoms with Crippen molar-refractivity contribution in [2.75, 3.05) is 12.4 Å². The Morgan fingerprint density at radius 1 is 1.44 bits per heavy atom. The predicted octanol–water partition coefficient (Wildman–Crippen LogP) is 2.71. The molecular weight excluding hydrogens is 248 g/mol. The van der Waals surface area contributed by atoms with Crippen LogP contribution in [0.4, 0.5) is 0 Å². The quantitative estimate of drug-likeness (QED) is 0.636. The first-order valence-electron chi connectivity index (χ1n) is 6.06. The van der Waals surface area contributed by atoms with E-state index >= 15 is 0 Å². The van der Waals surface area contributed by atoms with E-state index in [1.54, 1.807) is 18.7 Å². The van der Waals surface area contributed by atoms with Crippen molar-refractivity contribution in [2.24, 2.45) is 0 Å². The van der Waals surface area contributed by atoms with Gasteiger partial charge in [-0.25, -0.2) is 0 Å². The van der Waals surface area contributed by atoms with Gasteiger partial charge in [-0.2, -0.15) is 0 Å². The number of aliphatic hydroxyl groups excluding tert-OH is 1. The van der Waals surface area contributed by atoms with E-state index in [1.165, 1.54) is 11.1 Å². The third-order valence-corrected chi connectivity index (χ3v) is 3.78. The molecule has 0 aliphatic rings. The summed E-state index contributed by atoms with van der Waals surface area (Å²) in [5.41, 5.74) is 2.39. The molecule has 1 atom stereocenters. The van der Waals surface area contributed by atoms with Gasteiger partial charge in [0.05, 0.1) is 19.1 Å². The Morgan fingerprint density at radius 3 is 2.83 bits per heavy atom. The van der Waals surface area contributed by atoms with Crippen LogP contribution < -0.4 is 0 Å². The standard InChI is InChI=1S/C14H20O3S/c1-4-17-14(16)8-12(15)9-18-13-7-10(2)5-6-11(13)3/h5-7,12,15H,4,8-9H2,1-3H3. The molecule has 0 spiro atoms. The van der Waals surface area contributed by atoms with Crippen LogP contribution >= 0.6 is 11.8 Å². The highest BCUT2D eigenvalue weighted by atomic mass is 32.2. The van der Waals surface area contributed by atoms with E-state index < -0.39 is 6.10 Å². The summed E-state index contributed by atoms with van der Waals surface area (Å²) in [7, 11) is 0. The Morgan fingerprint density at radius 2 is 2.17 bits per heavy atom. The van der Waals surface area contributed by atoms with E-state index in [0.717, 1.165) is 4.90 Å². The Bertz CT molecular complexity index is 404. The summed E-state index contributed by atoms with van der Waals surface area (Å²) < 4.78 is 4.80. The second-order valence-electron chi connectivity index (χ2n) is 4.24. The van der Waals surface area contributed by atoms with Crippen molar-refractivity contribution in [3.05, 3.63) is 29.3 Å². The maximum absolute atomic E-state index is 11.2. The molecule has 0 saturated heterocycles. The van der Waals surface area contributed by atoms with Crippen LogP contribution in [0.15, 0.2) is 23.1 Å². The fourth-order valence-electron chi connectivity index (χ4n) is 1.52. The minimum atomic E-state index is -0.658. The monoisotopic (exact) mass is 268 g/mol. The van der Waals surface area contributed by atoms with E-state index in [-0.39, 0.29) is 12.4 Å². The number of carbonyl (C=O) groups excluding carboxylic acids is 1. The molecule has 0 amide bonds. The molecule has 0 aliphatic carbocycles. The number of aryl methyl sites for hydroxylation is 2. The molecule has 100 valence electrons. The van der Waals surface area contributed by atoms with Crippen LogP contribution in [0.5, 0.6) is 0 Å². The summed E-state index contributed by atoms with van der Waals surface area (Å²) in [5.74, 6) is 0.162. The van der Waals surface area contributed by atoms with Gasteiger partial charge in [-0.05, 0) is 32.4 Å². The maximum atomic E-state index is 11.2. The van der Waals surface area contributed by atoms with Gasteiger partial charge in [-0.15, -0.1) is 11.8 Å². The van der Waals surface area contributed by atoms with Crippen LogP contribution in [-0.4, -0.2) is 29.5 Å². The minimum Gasteiger partial charge on any atom is -0.466 e. The smallest absolute Gasteiger partial charge is 0.308 e. The number of aliphatic hydroxyl groups is 1. The van der Waals surface area contributed by atoms with Crippen molar-refractivity contribution in [1.29, 1.82) is 0 Å². The van der Waals surface area contributed by atoms with Gasteiger partial charge in [0.2, 0.25) is 0 Å². The molecule has 3 nitrogen and oxygen atoms in total. The van der Waals surface area contributed by atoms with E-state index in [0.29, 0.717) is 12.4 Å². The van der Waals surface area contributed by atoms with E-state index in [9.17, 15) is 9.90 Å². The molecule has 1 rings (SSSR count). The SMILES string of the molecule is CCOC(=O)CC(O)CSc1cc(C)ccc1C. The lowest BCUT2D eigenvalue weighted by molar-refractivity contribution is -0.144. The first-order valence-corrected chi connectivity index (χ1v) is 7.05. The van der Waals surface area contributed by atoms with E-state index in [1.807, 2.05) is 13.8 Å². The molecule has 0 heterocycles. The van der Waals surface area contributed by atoms with E-state index in [4.69, 9.17) is 4.74 Å². The average molecular weight is 268 g/mol. The van der Waals surface area contributed by atoms with Gasteiger partial charge >= 0.3 is 5.97 Å². The summed E-state index contributed by atoms with van der Waals surface area (Å²) in [6.07, 6.45) is -0.597. The number of benzene rings is 1. The van der Waals surface area contributed by atoms with Crippen LogP contribution in [0.3, 0.4) is 0 Å². The zero-order chi connectivity index (χ0) is 13.5. The number of rotatable bonds is 6. The van der Waals surface area contributed by atoms with Gasteiger partial charge in [0.1, 0.15) is 0 Å². The highest BCUT2D eigenvalue weighted by Crippen LogP contribution is 2.24. The largest absolute Gasteiger partial charge is 0.466 e. The lowest BCUT2D eigenvalue weighted by Crippen LogP contribution is -2.17. The molecule has 0 aromatic heterocycles. The van der Waals surface area contributed by atoms with Gasteiger partial charge in [0.25, 0.3) is 0 Å². The first-order chi connectivity index (χ1) is 8.52. The average Bonchev–Trinajstić information content (AvgIpc) is 2.30. The summed E-state index contributed by atoms with van der Waals surface area (Å²) in [4.78, 5) is 12.3. The number of hydrogen-bond acceptors (Lipinski definition) is 4. The van der Waals surface area contributed by atoms with E-state index in [2.05, 4.69) is 18.2 Å². The Kier molecular flexibility index (Phi) is 6.22. The molecule has 0 saturated carbocycles. The second-order valence-corrected chi connectivity index (χ2v) is 5.30. The van der Waals surface area contributed by atoms with Gasteiger partial charge in [0.15, 0.2) is 0 Å². The third kappa shape index (κ3) is 5.10. The summed E-state index contributed by atoms with van der Waals surface area (Å²) in [6, 6.07) is 6.22. The van der Waals surface area contributed by atoms with Crippen molar-refractivity contribution >= 4 is 17.7 Å². The highest BCUT2D eigenvalue weighted by Gasteiger charge is 2.12. The molecule has 0 radical (unpaired) electrons. The summed E-state index contributed by atoms with van der Waals surface area (Å²) in [6.45, 7) is 6.20. The van der Waals surface area contributed by atoms with Crippen molar-refractivity contribution in [2.45, 2.75) is 38.2 Å². The number of ether oxygens (including phenoxy) is 1. The summed E-state index contributed by atoms with van der Waals surface area (Å²) >= 11 is 1.57. The van der Waals surface area contributed by atoms with Crippen molar-refractivity contribution in [3.63, 3.8) is 0 Å². The zero-order valence-corrected chi connectivity index (χ0v) is 11.9. The molecular formula is C14H20O3S. The fourth-order valence-corrected chi connectivity index (χ4v) is 2.57. The maximum Gasteiger partial charge on any atom is 0.308 e. The minimum absolute atomic E-state index is 0.0612.